The second-order valence-corrected chi connectivity index (χ2v) is 8.27. The zero-order valence-corrected chi connectivity index (χ0v) is 16.6. The summed E-state index contributed by atoms with van der Waals surface area (Å²) >= 11 is 6.13. The standard InChI is InChI=1S/C23H23ClN2O2/c1-23(12-6-3-7-13-23)26-22(28)19-17-11-10-16(24)14-18(17)25-20(19)21(27)15-8-4-2-5-9-15/h2,4-5,8-11,14,25H,3,6-7,12-13H2,1H3,(H,26,28). The minimum Gasteiger partial charge on any atom is -0.351 e. The van der Waals surface area contributed by atoms with Gasteiger partial charge in [-0.1, -0.05) is 67.3 Å². The number of carbonyl (C=O) groups is 2. The molecule has 1 saturated carbocycles. The molecule has 1 aliphatic rings. The Labute approximate surface area is 169 Å². The van der Waals surface area contributed by atoms with Crippen molar-refractivity contribution in [3.05, 3.63) is 70.4 Å². The number of carbonyl (C=O) groups excluding carboxylic acids is 2. The normalized spacial score (nSPS) is 16.1. The number of hydrogen-bond acceptors (Lipinski definition) is 2. The molecule has 0 atom stereocenters. The van der Waals surface area contributed by atoms with Crippen molar-refractivity contribution in [2.45, 2.75) is 44.6 Å². The Hall–Kier alpha value is -2.59. The number of amides is 1. The highest BCUT2D eigenvalue weighted by molar-refractivity contribution is 6.31. The average molecular weight is 395 g/mol. The van der Waals surface area contributed by atoms with Crippen LogP contribution in [0.4, 0.5) is 0 Å². The summed E-state index contributed by atoms with van der Waals surface area (Å²) in [6.07, 6.45) is 5.32. The van der Waals surface area contributed by atoms with Gasteiger partial charge in [0, 0.05) is 27.0 Å². The number of aromatic amines is 1. The summed E-state index contributed by atoms with van der Waals surface area (Å²) in [4.78, 5) is 29.6. The van der Waals surface area contributed by atoms with Gasteiger partial charge in [0.15, 0.2) is 0 Å². The van der Waals surface area contributed by atoms with Crippen molar-refractivity contribution in [2.24, 2.45) is 0 Å². The predicted octanol–water partition coefficient (Wildman–Crippen LogP) is 5.50. The highest BCUT2D eigenvalue weighted by atomic mass is 35.5. The molecule has 0 spiro atoms. The van der Waals surface area contributed by atoms with Gasteiger partial charge in [-0.2, -0.15) is 0 Å². The van der Waals surface area contributed by atoms with Gasteiger partial charge in [0.1, 0.15) is 5.69 Å². The minimum absolute atomic E-state index is 0.202. The lowest BCUT2D eigenvalue weighted by molar-refractivity contribution is 0.0877. The van der Waals surface area contributed by atoms with Gasteiger partial charge in [-0.25, -0.2) is 0 Å². The van der Waals surface area contributed by atoms with Crippen molar-refractivity contribution in [3.8, 4) is 0 Å². The molecule has 5 heteroatoms. The van der Waals surface area contributed by atoms with Crippen molar-refractivity contribution in [2.75, 3.05) is 0 Å². The van der Waals surface area contributed by atoms with Gasteiger partial charge in [0.2, 0.25) is 5.78 Å². The van der Waals surface area contributed by atoms with Crippen LogP contribution in [-0.4, -0.2) is 22.2 Å². The Balaban J connectivity index is 1.79. The van der Waals surface area contributed by atoms with Crippen LogP contribution in [0.15, 0.2) is 48.5 Å². The number of H-pyrrole nitrogens is 1. The summed E-state index contributed by atoms with van der Waals surface area (Å²) in [5.74, 6) is -0.413. The topological polar surface area (TPSA) is 62.0 Å². The zero-order valence-electron chi connectivity index (χ0n) is 15.8. The summed E-state index contributed by atoms with van der Waals surface area (Å²) in [6, 6.07) is 14.3. The number of benzene rings is 2. The van der Waals surface area contributed by atoms with Crippen LogP contribution in [0.25, 0.3) is 10.9 Å². The first kappa shape index (κ1) is 18.8. The van der Waals surface area contributed by atoms with E-state index < -0.39 is 0 Å². The van der Waals surface area contributed by atoms with Crippen LogP contribution >= 0.6 is 11.6 Å². The van der Waals surface area contributed by atoms with Crippen LogP contribution in [0.3, 0.4) is 0 Å². The minimum atomic E-state index is -0.238. The number of aromatic nitrogens is 1. The van der Waals surface area contributed by atoms with E-state index in [4.69, 9.17) is 11.6 Å². The van der Waals surface area contributed by atoms with E-state index in [1.54, 1.807) is 30.3 Å². The molecule has 1 amide bonds. The number of nitrogens with one attached hydrogen (secondary N) is 2. The fourth-order valence-electron chi connectivity index (χ4n) is 4.10. The van der Waals surface area contributed by atoms with E-state index in [2.05, 4.69) is 17.2 Å². The summed E-state index contributed by atoms with van der Waals surface area (Å²) in [5, 5.41) is 4.47. The van der Waals surface area contributed by atoms with Gasteiger partial charge in [0.25, 0.3) is 5.91 Å². The van der Waals surface area contributed by atoms with Crippen molar-refractivity contribution in [1.29, 1.82) is 0 Å². The quantitative estimate of drug-likeness (QED) is 0.573. The fraction of sp³-hybridized carbons (Fsp3) is 0.304. The molecule has 0 aliphatic heterocycles. The zero-order chi connectivity index (χ0) is 19.7. The maximum Gasteiger partial charge on any atom is 0.254 e. The maximum absolute atomic E-state index is 13.3. The SMILES string of the molecule is CC1(NC(=O)c2c(C(=O)c3ccccc3)[nH]c3cc(Cl)ccc23)CCCCC1. The Bertz CT molecular complexity index is 1030. The summed E-state index contributed by atoms with van der Waals surface area (Å²) in [7, 11) is 0. The largest absolute Gasteiger partial charge is 0.351 e. The summed E-state index contributed by atoms with van der Waals surface area (Å²) in [6.45, 7) is 2.09. The van der Waals surface area contributed by atoms with Crippen molar-refractivity contribution in [1.82, 2.24) is 10.3 Å². The van der Waals surface area contributed by atoms with Crippen LogP contribution in [0.5, 0.6) is 0 Å². The molecule has 28 heavy (non-hydrogen) atoms. The van der Waals surface area contributed by atoms with Gasteiger partial charge in [-0.15, -0.1) is 0 Å². The second kappa shape index (κ2) is 7.44. The number of ketones is 1. The molecule has 2 N–H and O–H groups in total. The molecule has 1 heterocycles. The first-order chi connectivity index (χ1) is 13.5. The summed E-state index contributed by atoms with van der Waals surface area (Å²) in [5.41, 5.74) is 1.69. The third-order valence-electron chi connectivity index (χ3n) is 5.62. The Kier molecular flexibility index (Phi) is 4.98. The van der Waals surface area contributed by atoms with Crippen LogP contribution in [0.1, 0.15) is 65.4 Å². The average Bonchev–Trinajstić information content (AvgIpc) is 3.07. The van der Waals surface area contributed by atoms with Gasteiger partial charge in [-0.3, -0.25) is 9.59 Å². The Morgan fingerprint density at radius 3 is 2.46 bits per heavy atom. The maximum atomic E-state index is 13.3. The van der Waals surface area contributed by atoms with E-state index in [1.165, 1.54) is 6.42 Å². The number of halogens is 1. The lowest BCUT2D eigenvalue weighted by Gasteiger charge is -2.34. The van der Waals surface area contributed by atoms with Gasteiger partial charge in [0.05, 0.1) is 5.56 Å². The van der Waals surface area contributed by atoms with E-state index >= 15 is 0 Å². The molecular formula is C23H23ClN2O2. The van der Waals surface area contributed by atoms with Crippen molar-refractivity contribution in [3.63, 3.8) is 0 Å². The molecule has 4 rings (SSSR count). The third kappa shape index (κ3) is 3.57. The van der Waals surface area contributed by atoms with Gasteiger partial charge in [-0.05, 0) is 31.9 Å². The predicted molar refractivity (Wildman–Crippen MR) is 112 cm³/mol. The van der Waals surface area contributed by atoms with Gasteiger partial charge >= 0.3 is 0 Å². The van der Waals surface area contributed by atoms with E-state index in [9.17, 15) is 9.59 Å². The lowest BCUT2D eigenvalue weighted by atomic mass is 9.83. The highest BCUT2D eigenvalue weighted by Gasteiger charge is 2.32. The molecule has 1 aromatic heterocycles. The third-order valence-corrected chi connectivity index (χ3v) is 5.86. The Morgan fingerprint density at radius 1 is 1.04 bits per heavy atom. The molecule has 0 bridgehead atoms. The molecular weight excluding hydrogens is 372 g/mol. The van der Waals surface area contributed by atoms with Crippen LogP contribution in [0, 0.1) is 0 Å². The van der Waals surface area contributed by atoms with E-state index in [0.717, 1.165) is 25.7 Å². The number of fused-ring (bicyclic) bond motifs is 1. The molecule has 3 aromatic rings. The van der Waals surface area contributed by atoms with E-state index in [0.29, 0.717) is 32.7 Å². The molecule has 1 aliphatic carbocycles. The number of rotatable bonds is 4. The number of hydrogen-bond donors (Lipinski definition) is 2. The molecule has 0 unspecified atom stereocenters. The molecule has 0 radical (unpaired) electrons. The monoisotopic (exact) mass is 394 g/mol. The van der Waals surface area contributed by atoms with E-state index in [1.807, 2.05) is 18.2 Å². The van der Waals surface area contributed by atoms with Crippen LogP contribution in [-0.2, 0) is 0 Å². The molecule has 2 aromatic carbocycles. The molecule has 4 nitrogen and oxygen atoms in total. The second-order valence-electron chi connectivity index (χ2n) is 7.84. The lowest BCUT2D eigenvalue weighted by Crippen LogP contribution is -2.47. The first-order valence-electron chi connectivity index (χ1n) is 9.70. The summed E-state index contributed by atoms with van der Waals surface area (Å²) < 4.78 is 0. The Morgan fingerprint density at radius 2 is 1.75 bits per heavy atom. The van der Waals surface area contributed by atoms with Crippen molar-refractivity contribution < 1.29 is 9.59 Å². The van der Waals surface area contributed by atoms with Crippen molar-refractivity contribution >= 4 is 34.2 Å². The van der Waals surface area contributed by atoms with E-state index in [-0.39, 0.29) is 17.2 Å². The molecule has 0 saturated heterocycles. The molecule has 1 fully saturated rings. The van der Waals surface area contributed by atoms with Crippen LogP contribution in [0.2, 0.25) is 5.02 Å². The van der Waals surface area contributed by atoms with Crippen LogP contribution < -0.4 is 5.32 Å². The smallest absolute Gasteiger partial charge is 0.254 e. The first-order valence-corrected chi connectivity index (χ1v) is 10.1. The molecule has 144 valence electrons. The van der Waals surface area contributed by atoms with Gasteiger partial charge < -0.3 is 10.3 Å². The fourth-order valence-corrected chi connectivity index (χ4v) is 4.28. The highest BCUT2D eigenvalue weighted by Crippen LogP contribution is 2.31.